The van der Waals surface area contributed by atoms with E-state index in [9.17, 15) is 5.11 Å². The number of furan rings is 1. The highest BCUT2D eigenvalue weighted by molar-refractivity contribution is 9.10. The smallest absolute Gasteiger partial charge is 0.148 e. The molecule has 0 atom stereocenters. The number of para-hydroxylation sites is 1. The second-order valence-electron chi connectivity index (χ2n) is 4.37. The Bertz CT molecular complexity index is 480. The van der Waals surface area contributed by atoms with Crippen LogP contribution in [0.1, 0.15) is 19.4 Å². The topological polar surface area (TPSA) is 33.4 Å². The van der Waals surface area contributed by atoms with Crippen LogP contribution in [0.15, 0.2) is 33.4 Å². The van der Waals surface area contributed by atoms with Gasteiger partial charge in [0.25, 0.3) is 0 Å². The number of aliphatic hydroxyl groups is 1. The summed E-state index contributed by atoms with van der Waals surface area (Å²) in [5.41, 5.74) is 1.18. The highest BCUT2D eigenvalue weighted by atomic mass is 79.9. The van der Waals surface area contributed by atoms with Crippen LogP contribution in [0.25, 0.3) is 11.0 Å². The number of hydrogen-bond donors (Lipinski definition) is 1. The molecular weight excluding hydrogens is 256 g/mol. The van der Waals surface area contributed by atoms with Crippen LogP contribution in [-0.2, 0) is 6.42 Å². The summed E-state index contributed by atoms with van der Waals surface area (Å²) in [6.45, 7) is 3.59. The minimum Gasteiger partial charge on any atom is -0.463 e. The Morgan fingerprint density at radius 1 is 1.40 bits per heavy atom. The molecule has 2 rings (SSSR count). The summed E-state index contributed by atoms with van der Waals surface area (Å²) in [5.74, 6) is 0. The first-order valence-corrected chi connectivity index (χ1v) is 5.64. The molecule has 2 aromatic rings. The molecule has 0 amide bonds. The molecule has 80 valence electrons. The second kappa shape index (κ2) is 3.65. The third kappa shape index (κ3) is 2.24. The van der Waals surface area contributed by atoms with E-state index in [0.717, 1.165) is 21.0 Å². The van der Waals surface area contributed by atoms with Crippen molar-refractivity contribution in [3.05, 3.63) is 34.5 Å². The highest BCUT2D eigenvalue weighted by Crippen LogP contribution is 2.29. The Labute approximate surface area is 97.0 Å². The lowest BCUT2D eigenvalue weighted by Crippen LogP contribution is -2.21. The van der Waals surface area contributed by atoms with Crippen molar-refractivity contribution in [2.45, 2.75) is 25.9 Å². The zero-order valence-corrected chi connectivity index (χ0v) is 10.3. The monoisotopic (exact) mass is 268 g/mol. The van der Waals surface area contributed by atoms with E-state index in [1.807, 2.05) is 18.2 Å². The lowest BCUT2D eigenvalue weighted by atomic mass is 9.98. The van der Waals surface area contributed by atoms with E-state index in [0.29, 0.717) is 6.42 Å². The first kappa shape index (κ1) is 10.7. The van der Waals surface area contributed by atoms with E-state index in [-0.39, 0.29) is 0 Å². The van der Waals surface area contributed by atoms with E-state index in [2.05, 4.69) is 15.9 Å². The van der Waals surface area contributed by atoms with Gasteiger partial charge in [-0.15, -0.1) is 0 Å². The van der Waals surface area contributed by atoms with Gasteiger partial charge in [0.1, 0.15) is 5.58 Å². The number of hydrogen-bond acceptors (Lipinski definition) is 2. The van der Waals surface area contributed by atoms with Crippen LogP contribution in [0.3, 0.4) is 0 Å². The molecule has 1 heterocycles. The van der Waals surface area contributed by atoms with Crippen LogP contribution < -0.4 is 0 Å². The molecule has 0 bridgehead atoms. The summed E-state index contributed by atoms with van der Waals surface area (Å²) in [5, 5.41) is 10.8. The van der Waals surface area contributed by atoms with Crippen LogP contribution >= 0.6 is 15.9 Å². The Morgan fingerprint density at radius 3 is 2.80 bits per heavy atom. The van der Waals surface area contributed by atoms with Gasteiger partial charge in [-0.2, -0.15) is 0 Å². The third-order valence-corrected chi connectivity index (χ3v) is 2.88. The fourth-order valence-corrected chi connectivity index (χ4v) is 2.14. The summed E-state index contributed by atoms with van der Waals surface area (Å²) >= 11 is 3.43. The quantitative estimate of drug-likeness (QED) is 0.905. The lowest BCUT2D eigenvalue weighted by Gasteiger charge is -2.15. The van der Waals surface area contributed by atoms with E-state index in [1.54, 1.807) is 20.1 Å². The van der Waals surface area contributed by atoms with E-state index in [4.69, 9.17) is 4.42 Å². The van der Waals surface area contributed by atoms with Gasteiger partial charge in [0.15, 0.2) is 0 Å². The van der Waals surface area contributed by atoms with Crippen molar-refractivity contribution in [1.82, 2.24) is 0 Å². The molecule has 0 aliphatic heterocycles. The van der Waals surface area contributed by atoms with Crippen LogP contribution in [0.2, 0.25) is 0 Å². The van der Waals surface area contributed by atoms with Crippen molar-refractivity contribution in [3.8, 4) is 0 Å². The van der Waals surface area contributed by atoms with Gasteiger partial charge in [-0.25, -0.2) is 0 Å². The fourth-order valence-electron chi connectivity index (χ4n) is 1.68. The maximum Gasteiger partial charge on any atom is 0.148 e. The van der Waals surface area contributed by atoms with Gasteiger partial charge in [0, 0.05) is 17.4 Å². The first-order chi connectivity index (χ1) is 6.97. The van der Waals surface area contributed by atoms with Gasteiger partial charge in [-0.05, 0) is 35.8 Å². The van der Waals surface area contributed by atoms with Gasteiger partial charge < -0.3 is 9.52 Å². The normalized spacial score (nSPS) is 12.3. The Hall–Kier alpha value is -0.800. The SMILES string of the molecule is CC(C)(O)Cc1coc2c(Br)cccc12. The summed E-state index contributed by atoms with van der Waals surface area (Å²) < 4.78 is 6.41. The average molecular weight is 269 g/mol. The van der Waals surface area contributed by atoms with Crippen LogP contribution in [0.5, 0.6) is 0 Å². The molecule has 1 N–H and O–H groups in total. The largest absolute Gasteiger partial charge is 0.463 e. The van der Waals surface area contributed by atoms with Crippen molar-refractivity contribution < 1.29 is 9.52 Å². The number of halogens is 1. The van der Waals surface area contributed by atoms with Crippen LogP contribution in [0.4, 0.5) is 0 Å². The summed E-state index contributed by atoms with van der Waals surface area (Å²) in [6.07, 6.45) is 2.31. The minimum atomic E-state index is -0.709. The molecule has 0 radical (unpaired) electrons. The summed E-state index contributed by atoms with van der Waals surface area (Å²) in [7, 11) is 0. The molecule has 0 aliphatic carbocycles. The van der Waals surface area contributed by atoms with Crippen molar-refractivity contribution in [2.75, 3.05) is 0 Å². The Kier molecular flexibility index (Phi) is 2.61. The average Bonchev–Trinajstić information content (AvgIpc) is 2.48. The van der Waals surface area contributed by atoms with Crippen molar-refractivity contribution >= 4 is 26.9 Å². The fraction of sp³-hybridized carbons (Fsp3) is 0.333. The van der Waals surface area contributed by atoms with Gasteiger partial charge in [-0.1, -0.05) is 12.1 Å². The van der Waals surface area contributed by atoms with Gasteiger partial charge in [0.2, 0.25) is 0 Å². The van der Waals surface area contributed by atoms with Crippen LogP contribution in [0, 0.1) is 0 Å². The maximum absolute atomic E-state index is 9.76. The zero-order valence-electron chi connectivity index (χ0n) is 8.75. The van der Waals surface area contributed by atoms with Gasteiger partial charge in [0.05, 0.1) is 16.3 Å². The third-order valence-electron chi connectivity index (χ3n) is 2.26. The molecule has 0 unspecified atom stereocenters. The molecule has 0 saturated heterocycles. The van der Waals surface area contributed by atoms with E-state index < -0.39 is 5.60 Å². The van der Waals surface area contributed by atoms with Crippen molar-refractivity contribution in [1.29, 1.82) is 0 Å². The summed E-state index contributed by atoms with van der Waals surface area (Å²) in [6, 6.07) is 5.92. The number of benzene rings is 1. The van der Waals surface area contributed by atoms with Gasteiger partial charge in [-0.3, -0.25) is 0 Å². The highest BCUT2D eigenvalue weighted by Gasteiger charge is 2.17. The summed E-state index contributed by atoms with van der Waals surface area (Å²) in [4.78, 5) is 0. The van der Waals surface area contributed by atoms with Crippen LogP contribution in [-0.4, -0.2) is 10.7 Å². The molecule has 0 spiro atoms. The molecule has 0 fully saturated rings. The molecule has 2 nitrogen and oxygen atoms in total. The Morgan fingerprint density at radius 2 is 2.13 bits per heavy atom. The van der Waals surface area contributed by atoms with Gasteiger partial charge >= 0.3 is 0 Å². The maximum atomic E-state index is 9.76. The minimum absolute atomic E-state index is 0.594. The molecule has 1 aromatic heterocycles. The predicted molar refractivity (Wildman–Crippen MR) is 63.9 cm³/mol. The van der Waals surface area contributed by atoms with Crippen molar-refractivity contribution in [3.63, 3.8) is 0 Å². The molecule has 0 saturated carbocycles. The standard InChI is InChI=1S/C12H13BrO2/c1-12(2,14)6-8-7-15-11-9(8)4-3-5-10(11)13/h3-5,7,14H,6H2,1-2H3. The molecule has 15 heavy (non-hydrogen) atoms. The molecule has 1 aromatic carbocycles. The number of rotatable bonds is 2. The lowest BCUT2D eigenvalue weighted by molar-refractivity contribution is 0.0811. The second-order valence-corrected chi connectivity index (χ2v) is 5.22. The van der Waals surface area contributed by atoms with E-state index in [1.165, 1.54) is 0 Å². The molecule has 0 aliphatic rings. The van der Waals surface area contributed by atoms with Crippen molar-refractivity contribution in [2.24, 2.45) is 0 Å². The predicted octanol–water partition coefficient (Wildman–Crippen LogP) is 3.51. The number of fused-ring (bicyclic) bond motifs is 1. The molecular formula is C12H13BrO2. The first-order valence-electron chi connectivity index (χ1n) is 4.84. The molecule has 3 heteroatoms. The Balaban J connectivity index is 2.50. The van der Waals surface area contributed by atoms with E-state index >= 15 is 0 Å². The zero-order chi connectivity index (χ0) is 11.1.